The fourth-order valence-electron chi connectivity index (χ4n) is 4.36. The molecule has 4 rings (SSSR count). The molecule has 2 unspecified atom stereocenters. The summed E-state index contributed by atoms with van der Waals surface area (Å²) in [5, 5.41) is 9.58. The first-order valence-electron chi connectivity index (χ1n) is 7.28. The van der Waals surface area contributed by atoms with Gasteiger partial charge in [0.1, 0.15) is 5.92 Å². The van der Waals surface area contributed by atoms with Crippen molar-refractivity contribution in [2.24, 2.45) is 16.7 Å². The zero-order chi connectivity index (χ0) is 15.9. The maximum absolute atomic E-state index is 13.1. The Hall–Kier alpha value is -1.43. The van der Waals surface area contributed by atoms with E-state index in [-0.39, 0.29) is 24.7 Å². The molecule has 0 aromatic carbocycles. The number of ketones is 1. The Balaban J connectivity index is 1.94. The van der Waals surface area contributed by atoms with Crippen LogP contribution in [0.3, 0.4) is 0 Å². The lowest BCUT2D eigenvalue weighted by Crippen LogP contribution is -2.35. The molecule has 3 atom stereocenters. The molecule has 7 heteroatoms. The van der Waals surface area contributed by atoms with Gasteiger partial charge in [0.2, 0.25) is 0 Å². The smallest absolute Gasteiger partial charge is 0.281 e. The number of aromatic nitrogens is 4. The zero-order valence-electron chi connectivity index (χ0n) is 12.3. The van der Waals surface area contributed by atoms with Crippen LogP contribution in [0, 0.1) is 16.7 Å². The van der Waals surface area contributed by atoms with E-state index in [1.54, 1.807) is 10.6 Å². The Bertz CT molecular complexity index is 817. The van der Waals surface area contributed by atoms with Gasteiger partial charge in [0.05, 0.1) is 0 Å². The second-order valence-corrected chi connectivity index (χ2v) is 7.41. The summed E-state index contributed by atoms with van der Waals surface area (Å²) in [6.45, 7) is 6.61. The first kappa shape index (κ1) is 14.2. The Morgan fingerprint density at radius 3 is 2.77 bits per heavy atom. The summed E-state index contributed by atoms with van der Waals surface area (Å²) in [5.74, 6) is 1.32. The Morgan fingerprint density at radius 2 is 2.14 bits per heavy atom. The van der Waals surface area contributed by atoms with Crippen molar-refractivity contribution in [2.45, 2.75) is 39.5 Å². The molecule has 0 spiro atoms. The highest BCUT2D eigenvalue weighted by Gasteiger charge is 2.68. The standard InChI is InChI=1S/C15H20BClN4O/c1-14(2)8-6-7-15(14,3)12(22)11(8)13-19-21(16)10-5-4-9(17)18-20(10)13/h4-5,8,11H,6-7H2,1-3,16H3/t8?,11-,15?/m0/s1. The third-order valence-corrected chi connectivity index (χ3v) is 6.27. The average Bonchev–Trinajstić information content (AvgIpc) is 2.93. The van der Waals surface area contributed by atoms with Crippen LogP contribution in [0.2, 0.25) is 5.15 Å². The second kappa shape index (κ2) is 4.10. The number of carbonyl (C=O) groups excluding carboxylic acids is 1. The molecule has 0 amide bonds. The van der Waals surface area contributed by atoms with Crippen molar-refractivity contribution in [3.8, 4) is 0 Å². The monoisotopic (exact) mass is 318 g/mol. The number of halogens is 1. The Kier molecular flexibility index (Phi) is 2.65. The third-order valence-electron chi connectivity index (χ3n) is 6.07. The number of rotatable bonds is 1. The molecule has 2 aromatic rings. The van der Waals surface area contributed by atoms with E-state index in [4.69, 9.17) is 16.7 Å². The van der Waals surface area contributed by atoms with Crippen LogP contribution in [-0.4, -0.2) is 28.5 Å². The van der Waals surface area contributed by atoms with Crippen LogP contribution in [0.5, 0.6) is 0 Å². The molecular formula is C15H20BClN4O. The maximum Gasteiger partial charge on any atom is 0.281 e. The van der Waals surface area contributed by atoms with Gasteiger partial charge in [0.25, 0.3) is 11.5 Å². The minimum absolute atomic E-state index is 0.0182. The van der Waals surface area contributed by atoms with Crippen LogP contribution in [0.1, 0.15) is 45.4 Å². The van der Waals surface area contributed by atoms with Crippen molar-refractivity contribution in [3.63, 3.8) is 0 Å². The molecule has 116 valence electrons. The van der Waals surface area contributed by atoms with Crippen LogP contribution in [0.4, 0.5) is 0 Å². The summed E-state index contributed by atoms with van der Waals surface area (Å²) in [4.78, 5) is 13.1. The van der Waals surface area contributed by atoms with E-state index in [9.17, 15) is 4.79 Å². The maximum atomic E-state index is 13.1. The quantitative estimate of drug-likeness (QED) is 0.734. The van der Waals surface area contributed by atoms with Gasteiger partial charge in [-0.1, -0.05) is 47.1 Å². The van der Waals surface area contributed by atoms with Crippen molar-refractivity contribution < 1.29 is 9.39 Å². The molecule has 2 bridgehead atoms. The number of Topliss-reactive ketones (excluding diaryl/α,β-unsaturated/α-hetero) is 1. The Labute approximate surface area is 135 Å². The molecule has 0 N–H and O–H groups in total. The fourth-order valence-corrected chi connectivity index (χ4v) is 4.50. The number of hydrogen-bond acceptors (Lipinski definition) is 3. The van der Waals surface area contributed by atoms with Crippen molar-refractivity contribution >= 4 is 31.0 Å². The molecule has 2 aromatic heterocycles. The van der Waals surface area contributed by atoms with Crippen LogP contribution in [0.25, 0.3) is 5.65 Å². The molecule has 2 aliphatic carbocycles. The molecule has 2 fully saturated rings. The van der Waals surface area contributed by atoms with Gasteiger partial charge < -0.3 is 4.59 Å². The van der Waals surface area contributed by atoms with Gasteiger partial charge in [-0.25, -0.2) is 0 Å². The lowest BCUT2D eigenvalue weighted by atomic mass is 9.70. The van der Waals surface area contributed by atoms with Gasteiger partial charge in [-0.2, -0.15) is 0 Å². The van der Waals surface area contributed by atoms with Gasteiger partial charge in [-0.3, -0.25) is 4.79 Å². The number of hydrogen-bond donors (Lipinski definition) is 0. The van der Waals surface area contributed by atoms with E-state index in [0.29, 0.717) is 16.9 Å². The van der Waals surface area contributed by atoms with Crippen LogP contribution in [-0.2, 0) is 4.79 Å². The van der Waals surface area contributed by atoms with Gasteiger partial charge >= 0.3 is 0 Å². The topological polar surface area (TPSA) is 51.1 Å². The summed E-state index contributed by atoms with van der Waals surface area (Å²) < 4.78 is 3.82. The minimum atomic E-state index is -0.238. The van der Waals surface area contributed by atoms with E-state index >= 15 is 0 Å². The molecule has 5 nitrogen and oxygen atoms in total. The fraction of sp³-hybridized carbons (Fsp3) is 0.600. The average molecular weight is 319 g/mol. The zero-order valence-corrected chi connectivity index (χ0v) is 13.1. The van der Waals surface area contributed by atoms with E-state index in [2.05, 4.69) is 25.9 Å². The minimum Gasteiger partial charge on any atom is -0.336 e. The summed E-state index contributed by atoms with van der Waals surface area (Å²) in [5.41, 5.74) is 0.736. The normalized spacial score (nSPS) is 33.0. The molecule has 2 heterocycles. The predicted octanol–water partition coefficient (Wildman–Crippen LogP) is 0.907. The highest BCUT2D eigenvalue weighted by molar-refractivity contribution is 6.29. The first-order chi connectivity index (χ1) is 10.3. The van der Waals surface area contributed by atoms with Crippen LogP contribution in [0.15, 0.2) is 12.1 Å². The number of fused-ring (bicyclic) bond motifs is 3. The molecule has 2 saturated carbocycles. The van der Waals surface area contributed by atoms with Crippen molar-refractivity contribution in [2.75, 3.05) is 0 Å². The molecular weight excluding hydrogens is 298 g/mol. The van der Waals surface area contributed by atoms with Crippen molar-refractivity contribution in [1.82, 2.24) is 14.7 Å². The second-order valence-electron chi connectivity index (χ2n) is 7.03. The molecule has 0 saturated heterocycles. The predicted molar refractivity (Wildman–Crippen MR) is 85.9 cm³/mol. The van der Waals surface area contributed by atoms with E-state index in [1.807, 2.05) is 10.7 Å². The third kappa shape index (κ3) is 1.47. The van der Waals surface area contributed by atoms with Gasteiger partial charge in [-0.05, 0) is 30.2 Å². The van der Waals surface area contributed by atoms with Gasteiger partial charge in [-0.15, -0.1) is 0 Å². The van der Waals surface area contributed by atoms with Gasteiger partial charge in [0.15, 0.2) is 18.9 Å². The van der Waals surface area contributed by atoms with Crippen molar-refractivity contribution in [1.29, 1.82) is 0 Å². The Morgan fingerprint density at radius 1 is 1.41 bits per heavy atom. The summed E-state index contributed by atoms with van der Waals surface area (Å²) >= 11 is 6.07. The number of nitrogens with zero attached hydrogens (tertiary/aromatic N) is 4. The van der Waals surface area contributed by atoms with E-state index < -0.39 is 0 Å². The van der Waals surface area contributed by atoms with E-state index in [0.717, 1.165) is 24.3 Å². The largest absolute Gasteiger partial charge is 0.336 e. The van der Waals surface area contributed by atoms with E-state index in [1.165, 1.54) is 0 Å². The summed E-state index contributed by atoms with van der Waals surface area (Å²) in [6, 6.07) is 3.73. The SMILES string of the molecule is [BH3-][n+]1nc([C@@H]2C(=O)C3(C)CCC2C3(C)C)n2nc(Cl)ccc21. The highest BCUT2D eigenvalue weighted by Crippen LogP contribution is 2.67. The molecule has 2 aliphatic rings. The molecule has 0 radical (unpaired) electrons. The number of carbonyl (C=O) groups is 1. The lowest BCUT2D eigenvalue weighted by Gasteiger charge is -2.32. The lowest BCUT2D eigenvalue weighted by molar-refractivity contribution is -0.561. The molecule has 0 aliphatic heterocycles. The van der Waals surface area contributed by atoms with Gasteiger partial charge in [0, 0.05) is 11.5 Å². The van der Waals surface area contributed by atoms with Crippen molar-refractivity contribution in [3.05, 3.63) is 23.1 Å². The molecule has 22 heavy (non-hydrogen) atoms. The van der Waals surface area contributed by atoms with Crippen LogP contribution >= 0.6 is 11.6 Å². The van der Waals surface area contributed by atoms with Crippen LogP contribution < -0.4 is 4.59 Å². The summed E-state index contributed by atoms with van der Waals surface area (Å²) in [7, 11) is -0.154. The first-order valence-corrected chi connectivity index (χ1v) is 7.66. The highest BCUT2D eigenvalue weighted by atomic mass is 35.5. The summed E-state index contributed by atoms with van der Waals surface area (Å²) in [6.07, 6.45) is 2.08.